The average Bonchev–Trinajstić information content (AvgIpc) is 2.63. The third kappa shape index (κ3) is 3.86. The molecule has 0 unspecified atom stereocenters. The molecule has 1 rings (SSSR count). The summed E-state index contributed by atoms with van der Waals surface area (Å²) in [4.78, 5) is 11.9. The molecular formula is C12H20N2O4S2. The van der Waals surface area contributed by atoms with E-state index in [-0.39, 0.29) is 22.1 Å². The lowest BCUT2D eigenvalue weighted by atomic mass is 10.2. The highest BCUT2D eigenvalue weighted by molar-refractivity contribution is 7.91. The normalized spacial score (nSPS) is 11.7. The number of ether oxygens (including phenoxy) is 1. The minimum Gasteiger partial charge on any atom is -0.462 e. The van der Waals surface area contributed by atoms with E-state index in [4.69, 9.17) is 10.5 Å². The summed E-state index contributed by atoms with van der Waals surface area (Å²) in [6.45, 7) is 6.47. The van der Waals surface area contributed by atoms with Gasteiger partial charge >= 0.3 is 5.97 Å². The fraction of sp³-hybridized carbons (Fsp3) is 0.583. The third-order valence-electron chi connectivity index (χ3n) is 2.40. The molecule has 1 aromatic rings. The van der Waals surface area contributed by atoms with E-state index >= 15 is 0 Å². The molecule has 0 fully saturated rings. The van der Waals surface area contributed by atoms with Crippen LogP contribution in [0.3, 0.4) is 0 Å². The molecule has 6 nitrogen and oxygen atoms in total. The molecule has 0 saturated carbocycles. The predicted octanol–water partition coefficient (Wildman–Crippen LogP) is 1.98. The SMILES string of the molecule is CCOC(=O)c1sc(NCC(C)C)c(S(C)(=O)=O)c1N. The zero-order chi connectivity index (χ0) is 15.5. The molecular weight excluding hydrogens is 300 g/mol. The van der Waals surface area contributed by atoms with Crippen LogP contribution in [0.5, 0.6) is 0 Å². The van der Waals surface area contributed by atoms with Gasteiger partial charge in [0.05, 0.1) is 12.3 Å². The fourth-order valence-electron chi connectivity index (χ4n) is 1.56. The first-order chi connectivity index (χ1) is 9.18. The van der Waals surface area contributed by atoms with E-state index in [1.807, 2.05) is 13.8 Å². The van der Waals surface area contributed by atoms with Crippen LogP contribution in [0, 0.1) is 5.92 Å². The molecule has 0 spiro atoms. The number of thiophene rings is 1. The minimum absolute atomic E-state index is 0.0220. The molecule has 0 aliphatic carbocycles. The molecule has 0 aliphatic rings. The first-order valence-electron chi connectivity index (χ1n) is 6.21. The fourth-order valence-corrected chi connectivity index (χ4v) is 4.03. The van der Waals surface area contributed by atoms with Crippen molar-refractivity contribution in [3.8, 4) is 0 Å². The summed E-state index contributed by atoms with van der Waals surface area (Å²) in [5.74, 6) is -0.269. The smallest absolute Gasteiger partial charge is 0.350 e. The van der Waals surface area contributed by atoms with Gasteiger partial charge in [-0.1, -0.05) is 13.8 Å². The van der Waals surface area contributed by atoms with Gasteiger partial charge in [-0.3, -0.25) is 0 Å². The van der Waals surface area contributed by atoms with Gasteiger partial charge in [0.2, 0.25) is 0 Å². The van der Waals surface area contributed by atoms with Gasteiger partial charge in [0, 0.05) is 12.8 Å². The molecule has 0 saturated heterocycles. The van der Waals surface area contributed by atoms with Crippen molar-refractivity contribution in [2.75, 3.05) is 30.5 Å². The maximum atomic E-state index is 11.8. The molecule has 0 radical (unpaired) electrons. The van der Waals surface area contributed by atoms with Crippen LogP contribution in [0.2, 0.25) is 0 Å². The molecule has 0 amide bonds. The van der Waals surface area contributed by atoms with Crippen LogP contribution in [-0.2, 0) is 14.6 Å². The zero-order valence-corrected chi connectivity index (χ0v) is 13.7. The van der Waals surface area contributed by atoms with E-state index < -0.39 is 15.8 Å². The van der Waals surface area contributed by atoms with Gasteiger partial charge in [-0.05, 0) is 12.8 Å². The number of hydrogen-bond donors (Lipinski definition) is 2. The van der Waals surface area contributed by atoms with E-state index in [1.165, 1.54) is 0 Å². The average molecular weight is 320 g/mol. The number of anilines is 2. The Bertz CT molecular complexity index is 591. The highest BCUT2D eigenvalue weighted by Gasteiger charge is 2.27. The summed E-state index contributed by atoms with van der Waals surface area (Å²) in [5.41, 5.74) is 5.78. The van der Waals surface area contributed by atoms with Crippen LogP contribution in [0.4, 0.5) is 10.7 Å². The van der Waals surface area contributed by atoms with Crippen molar-refractivity contribution in [1.29, 1.82) is 0 Å². The van der Waals surface area contributed by atoms with Crippen molar-refractivity contribution in [1.82, 2.24) is 0 Å². The topological polar surface area (TPSA) is 98.5 Å². The second-order valence-electron chi connectivity index (χ2n) is 4.77. The van der Waals surface area contributed by atoms with E-state index in [0.717, 1.165) is 17.6 Å². The number of nitrogens with one attached hydrogen (secondary N) is 1. The van der Waals surface area contributed by atoms with Gasteiger partial charge < -0.3 is 15.8 Å². The molecule has 3 N–H and O–H groups in total. The number of esters is 1. The zero-order valence-electron chi connectivity index (χ0n) is 12.0. The van der Waals surface area contributed by atoms with Gasteiger partial charge in [-0.2, -0.15) is 0 Å². The highest BCUT2D eigenvalue weighted by Crippen LogP contribution is 2.39. The van der Waals surface area contributed by atoms with E-state index in [0.29, 0.717) is 17.5 Å². The van der Waals surface area contributed by atoms with Crippen LogP contribution >= 0.6 is 11.3 Å². The molecule has 1 heterocycles. The van der Waals surface area contributed by atoms with E-state index in [1.54, 1.807) is 6.92 Å². The van der Waals surface area contributed by atoms with Crippen molar-refractivity contribution in [3.63, 3.8) is 0 Å². The number of nitrogen functional groups attached to an aromatic ring is 1. The Kier molecular flexibility index (Phi) is 5.41. The number of hydrogen-bond acceptors (Lipinski definition) is 7. The molecule has 0 aromatic carbocycles. The Hall–Kier alpha value is -1.28. The van der Waals surface area contributed by atoms with Crippen LogP contribution in [0.15, 0.2) is 4.90 Å². The van der Waals surface area contributed by atoms with E-state index in [2.05, 4.69) is 5.32 Å². The maximum absolute atomic E-state index is 11.8. The van der Waals surface area contributed by atoms with Gasteiger partial charge in [0.1, 0.15) is 14.8 Å². The lowest BCUT2D eigenvalue weighted by molar-refractivity contribution is 0.0533. The largest absolute Gasteiger partial charge is 0.462 e. The lowest BCUT2D eigenvalue weighted by Crippen LogP contribution is -2.10. The second-order valence-corrected chi connectivity index (χ2v) is 7.74. The molecule has 0 aliphatic heterocycles. The quantitative estimate of drug-likeness (QED) is 0.778. The molecule has 8 heteroatoms. The minimum atomic E-state index is -3.52. The van der Waals surface area contributed by atoms with Crippen molar-refractivity contribution in [2.45, 2.75) is 25.7 Å². The Labute approximate surface area is 123 Å². The second kappa shape index (κ2) is 6.45. The number of nitrogens with two attached hydrogens (primary N) is 1. The summed E-state index contributed by atoms with van der Waals surface area (Å²) in [6.07, 6.45) is 1.07. The third-order valence-corrected chi connectivity index (χ3v) is 4.84. The Balaban J connectivity index is 3.28. The van der Waals surface area contributed by atoms with E-state index in [9.17, 15) is 13.2 Å². The number of carbonyl (C=O) groups is 1. The van der Waals surface area contributed by atoms with Crippen LogP contribution in [0.1, 0.15) is 30.4 Å². The first kappa shape index (κ1) is 16.8. The molecule has 0 bridgehead atoms. The number of rotatable bonds is 6. The maximum Gasteiger partial charge on any atom is 0.350 e. The number of sulfone groups is 1. The first-order valence-corrected chi connectivity index (χ1v) is 8.92. The summed E-state index contributed by atoms with van der Waals surface area (Å²) >= 11 is 1.01. The Morgan fingerprint density at radius 3 is 2.50 bits per heavy atom. The monoisotopic (exact) mass is 320 g/mol. The molecule has 114 valence electrons. The summed E-state index contributed by atoms with van der Waals surface area (Å²) < 4.78 is 28.6. The van der Waals surface area contributed by atoms with Crippen molar-refractivity contribution < 1.29 is 17.9 Å². The number of carbonyl (C=O) groups excluding carboxylic acids is 1. The summed E-state index contributed by atoms with van der Waals surface area (Å²) in [7, 11) is -3.52. The van der Waals surface area contributed by atoms with Crippen molar-refractivity contribution in [3.05, 3.63) is 4.88 Å². The van der Waals surface area contributed by atoms with Crippen LogP contribution in [-0.4, -0.2) is 33.8 Å². The van der Waals surface area contributed by atoms with Crippen molar-refractivity contribution >= 4 is 37.8 Å². The van der Waals surface area contributed by atoms with Gasteiger partial charge in [0.25, 0.3) is 0 Å². The predicted molar refractivity (Wildman–Crippen MR) is 81.1 cm³/mol. The van der Waals surface area contributed by atoms with Crippen molar-refractivity contribution in [2.24, 2.45) is 5.92 Å². The molecule has 1 aromatic heterocycles. The molecule has 0 atom stereocenters. The summed E-state index contributed by atoms with van der Waals surface area (Å²) in [5, 5.41) is 3.42. The Morgan fingerprint density at radius 1 is 1.45 bits per heavy atom. The highest BCUT2D eigenvalue weighted by atomic mass is 32.2. The standard InChI is InChI=1S/C12H20N2O4S2/c1-5-18-12(15)9-8(13)10(20(4,16)17)11(19-9)14-6-7(2)3/h7,14H,5-6,13H2,1-4H3. The van der Waals surface area contributed by atoms with Crippen LogP contribution < -0.4 is 11.1 Å². The summed E-state index contributed by atoms with van der Waals surface area (Å²) in [6, 6.07) is 0. The van der Waals surface area contributed by atoms with Gasteiger partial charge in [-0.15, -0.1) is 11.3 Å². The Morgan fingerprint density at radius 2 is 2.05 bits per heavy atom. The van der Waals surface area contributed by atoms with Crippen LogP contribution in [0.25, 0.3) is 0 Å². The lowest BCUT2D eigenvalue weighted by Gasteiger charge is -2.08. The van der Waals surface area contributed by atoms with Gasteiger partial charge in [-0.25, -0.2) is 13.2 Å². The van der Waals surface area contributed by atoms with Gasteiger partial charge in [0.15, 0.2) is 9.84 Å². The molecule has 20 heavy (non-hydrogen) atoms.